The van der Waals surface area contributed by atoms with Crippen LogP contribution in [-0.2, 0) is 16.1 Å². The Morgan fingerprint density at radius 3 is 2.26 bits per heavy atom. The van der Waals surface area contributed by atoms with E-state index in [1.54, 1.807) is 6.92 Å². The topological polar surface area (TPSA) is 93.5 Å². The minimum absolute atomic E-state index is 0.0988. The fraction of sp³-hybridized carbons (Fsp3) is 0.529. The van der Waals surface area contributed by atoms with Crippen molar-refractivity contribution in [3.8, 4) is 0 Å². The van der Waals surface area contributed by atoms with Crippen LogP contribution < -0.4 is 16.4 Å². The molecule has 4 N–H and O–H groups in total. The third-order valence-corrected chi connectivity index (χ3v) is 4.02. The molecule has 0 radical (unpaired) electrons. The predicted molar refractivity (Wildman–Crippen MR) is 87.6 cm³/mol. The highest BCUT2D eigenvalue weighted by Crippen LogP contribution is 2.19. The summed E-state index contributed by atoms with van der Waals surface area (Å²) in [4.78, 5) is 23.4. The predicted octanol–water partition coefficient (Wildman–Crippen LogP) is 1.69. The standard InChI is InChI=1S/C17H25N3O3/c1-12(18)16(21)19-14-7-9-15(10-8-14)20-17(22)23-11-13-5-3-2-4-6-13/h2-6,12,14-15H,7-11,18H2,1H3,(H,19,21)(H,20,22)/t12-,14?,15?/m0/s1. The first-order valence-electron chi connectivity index (χ1n) is 8.07. The summed E-state index contributed by atoms with van der Waals surface area (Å²) in [5.74, 6) is -0.122. The quantitative estimate of drug-likeness (QED) is 0.770. The van der Waals surface area contributed by atoms with Gasteiger partial charge in [-0.3, -0.25) is 4.79 Å². The maximum atomic E-state index is 11.8. The van der Waals surface area contributed by atoms with E-state index in [-0.39, 0.29) is 24.6 Å². The number of carbonyl (C=O) groups excluding carboxylic acids is 2. The van der Waals surface area contributed by atoms with Crippen LogP contribution in [0.3, 0.4) is 0 Å². The summed E-state index contributed by atoms with van der Waals surface area (Å²) in [5.41, 5.74) is 6.50. The Bertz CT molecular complexity index is 511. The van der Waals surface area contributed by atoms with E-state index >= 15 is 0 Å². The Morgan fingerprint density at radius 2 is 1.70 bits per heavy atom. The van der Waals surface area contributed by atoms with Crippen molar-refractivity contribution in [1.82, 2.24) is 10.6 Å². The molecule has 6 nitrogen and oxygen atoms in total. The van der Waals surface area contributed by atoms with Gasteiger partial charge in [-0.25, -0.2) is 4.79 Å². The summed E-state index contributed by atoms with van der Waals surface area (Å²) in [7, 11) is 0. The summed E-state index contributed by atoms with van der Waals surface area (Å²) in [6.07, 6.45) is 2.93. The molecule has 1 aromatic rings. The molecular weight excluding hydrogens is 294 g/mol. The maximum absolute atomic E-state index is 11.8. The number of nitrogens with one attached hydrogen (secondary N) is 2. The number of benzene rings is 1. The second-order valence-electron chi connectivity index (χ2n) is 6.05. The van der Waals surface area contributed by atoms with Crippen LogP contribution in [0, 0.1) is 0 Å². The lowest BCUT2D eigenvalue weighted by atomic mass is 9.91. The number of ether oxygens (including phenoxy) is 1. The Labute approximate surface area is 136 Å². The van der Waals surface area contributed by atoms with E-state index in [9.17, 15) is 9.59 Å². The Balaban J connectivity index is 1.65. The first-order valence-corrected chi connectivity index (χ1v) is 8.07. The molecule has 0 saturated heterocycles. The summed E-state index contributed by atoms with van der Waals surface area (Å²) in [5, 5.41) is 5.82. The van der Waals surface area contributed by atoms with Crippen LogP contribution in [0.4, 0.5) is 4.79 Å². The van der Waals surface area contributed by atoms with Crippen molar-refractivity contribution in [2.24, 2.45) is 5.73 Å². The van der Waals surface area contributed by atoms with Gasteiger partial charge < -0.3 is 21.1 Å². The van der Waals surface area contributed by atoms with E-state index in [4.69, 9.17) is 10.5 Å². The lowest BCUT2D eigenvalue weighted by Gasteiger charge is -2.29. The highest BCUT2D eigenvalue weighted by atomic mass is 16.5. The van der Waals surface area contributed by atoms with E-state index in [1.165, 1.54) is 0 Å². The molecule has 1 aromatic carbocycles. The molecule has 1 fully saturated rings. The van der Waals surface area contributed by atoms with Gasteiger partial charge in [-0.2, -0.15) is 0 Å². The average Bonchev–Trinajstić information content (AvgIpc) is 2.55. The van der Waals surface area contributed by atoms with Gasteiger partial charge in [0.2, 0.25) is 5.91 Å². The molecular formula is C17H25N3O3. The molecule has 0 bridgehead atoms. The summed E-state index contributed by atoms with van der Waals surface area (Å²) in [6, 6.07) is 9.33. The summed E-state index contributed by atoms with van der Waals surface area (Å²) >= 11 is 0. The van der Waals surface area contributed by atoms with Gasteiger partial charge in [0.05, 0.1) is 6.04 Å². The molecule has 0 aromatic heterocycles. The molecule has 2 rings (SSSR count). The number of hydrogen-bond acceptors (Lipinski definition) is 4. The van der Waals surface area contributed by atoms with Crippen molar-refractivity contribution >= 4 is 12.0 Å². The zero-order chi connectivity index (χ0) is 16.7. The number of amides is 2. The zero-order valence-corrected chi connectivity index (χ0v) is 13.5. The molecule has 6 heteroatoms. The van der Waals surface area contributed by atoms with Gasteiger partial charge in [0.15, 0.2) is 0 Å². The Morgan fingerprint density at radius 1 is 1.13 bits per heavy atom. The first-order chi connectivity index (χ1) is 11.0. The van der Waals surface area contributed by atoms with Gasteiger partial charge in [-0.05, 0) is 38.2 Å². The molecule has 0 aliphatic heterocycles. The summed E-state index contributed by atoms with van der Waals surface area (Å²) in [6.45, 7) is 1.94. The minimum Gasteiger partial charge on any atom is -0.445 e. The van der Waals surface area contributed by atoms with Crippen molar-refractivity contribution in [2.75, 3.05) is 0 Å². The highest BCUT2D eigenvalue weighted by Gasteiger charge is 2.24. The summed E-state index contributed by atoms with van der Waals surface area (Å²) < 4.78 is 5.22. The third kappa shape index (κ3) is 5.90. The fourth-order valence-corrected chi connectivity index (χ4v) is 2.65. The van der Waals surface area contributed by atoms with Crippen molar-refractivity contribution in [3.63, 3.8) is 0 Å². The minimum atomic E-state index is -0.487. The lowest BCUT2D eigenvalue weighted by molar-refractivity contribution is -0.122. The van der Waals surface area contributed by atoms with Gasteiger partial charge >= 0.3 is 6.09 Å². The fourth-order valence-electron chi connectivity index (χ4n) is 2.65. The lowest BCUT2D eigenvalue weighted by Crippen LogP contribution is -2.47. The van der Waals surface area contributed by atoms with Crippen LogP contribution in [0.1, 0.15) is 38.2 Å². The van der Waals surface area contributed by atoms with E-state index < -0.39 is 12.1 Å². The van der Waals surface area contributed by atoms with Gasteiger partial charge in [-0.1, -0.05) is 30.3 Å². The third-order valence-electron chi connectivity index (χ3n) is 4.02. The first kappa shape index (κ1) is 17.3. The van der Waals surface area contributed by atoms with E-state index in [0.29, 0.717) is 0 Å². The smallest absolute Gasteiger partial charge is 0.407 e. The number of nitrogens with two attached hydrogens (primary N) is 1. The SMILES string of the molecule is C[C@H](N)C(=O)NC1CCC(NC(=O)OCc2ccccc2)CC1. The average molecular weight is 319 g/mol. The number of hydrogen-bond donors (Lipinski definition) is 3. The van der Waals surface area contributed by atoms with Crippen LogP contribution in [0.15, 0.2) is 30.3 Å². The molecule has 0 unspecified atom stereocenters. The van der Waals surface area contributed by atoms with Crippen molar-refractivity contribution < 1.29 is 14.3 Å². The second kappa shape index (κ2) is 8.53. The van der Waals surface area contributed by atoms with Gasteiger partial charge in [0.25, 0.3) is 0 Å². The van der Waals surface area contributed by atoms with Crippen LogP contribution >= 0.6 is 0 Å². The van der Waals surface area contributed by atoms with E-state index in [0.717, 1.165) is 31.2 Å². The van der Waals surface area contributed by atoms with Gasteiger partial charge in [0.1, 0.15) is 6.61 Å². The van der Waals surface area contributed by atoms with Gasteiger partial charge in [-0.15, -0.1) is 0 Å². The number of rotatable bonds is 5. The molecule has 0 spiro atoms. The highest BCUT2D eigenvalue weighted by molar-refractivity contribution is 5.81. The van der Waals surface area contributed by atoms with Crippen molar-refractivity contribution in [3.05, 3.63) is 35.9 Å². The zero-order valence-electron chi connectivity index (χ0n) is 13.5. The molecule has 1 aliphatic rings. The molecule has 23 heavy (non-hydrogen) atoms. The van der Waals surface area contributed by atoms with Gasteiger partial charge in [0, 0.05) is 12.1 Å². The largest absolute Gasteiger partial charge is 0.445 e. The van der Waals surface area contributed by atoms with Crippen LogP contribution in [-0.4, -0.2) is 30.1 Å². The second-order valence-corrected chi connectivity index (χ2v) is 6.05. The van der Waals surface area contributed by atoms with Crippen LogP contribution in [0.25, 0.3) is 0 Å². The normalized spacial score (nSPS) is 22.0. The van der Waals surface area contributed by atoms with E-state index in [1.807, 2.05) is 30.3 Å². The van der Waals surface area contributed by atoms with Crippen LogP contribution in [0.2, 0.25) is 0 Å². The monoisotopic (exact) mass is 319 g/mol. The Hall–Kier alpha value is -2.08. The number of carbonyl (C=O) groups is 2. The molecule has 1 aliphatic carbocycles. The molecule has 2 amide bonds. The van der Waals surface area contributed by atoms with E-state index in [2.05, 4.69) is 10.6 Å². The molecule has 126 valence electrons. The van der Waals surface area contributed by atoms with Crippen molar-refractivity contribution in [1.29, 1.82) is 0 Å². The molecule has 1 saturated carbocycles. The van der Waals surface area contributed by atoms with Crippen LogP contribution in [0.5, 0.6) is 0 Å². The maximum Gasteiger partial charge on any atom is 0.407 e. The Kier molecular flexibility index (Phi) is 6.40. The van der Waals surface area contributed by atoms with Crippen molar-refractivity contribution in [2.45, 2.75) is 57.3 Å². The molecule has 1 atom stereocenters. The number of alkyl carbamates (subject to hydrolysis) is 1. The molecule has 0 heterocycles.